The number of hydrogen-bond donors (Lipinski definition) is 0. The Morgan fingerprint density at radius 1 is 1.14 bits per heavy atom. The minimum absolute atomic E-state index is 0.0488. The number of esters is 1. The largest absolute Gasteiger partial charge is 0.482 e. The minimum Gasteiger partial charge on any atom is -0.482 e. The van der Waals surface area contributed by atoms with Gasteiger partial charge in [-0.1, -0.05) is 6.07 Å². The maximum absolute atomic E-state index is 12.1. The fourth-order valence-corrected chi connectivity index (χ4v) is 3.47. The van der Waals surface area contributed by atoms with E-state index in [4.69, 9.17) is 18.9 Å². The highest BCUT2D eigenvalue weighted by Crippen LogP contribution is 2.33. The average molecular weight is 385 g/mol. The molecule has 0 N–H and O–H groups in total. The third-order valence-electron chi connectivity index (χ3n) is 4.80. The van der Waals surface area contributed by atoms with Crippen LogP contribution >= 0.6 is 0 Å². The highest BCUT2D eigenvalue weighted by molar-refractivity contribution is 5.71. The van der Waals surface area contributed by atoms with Crippen molar-refractivity contribution in [2.24, 2.45) is 0 Å². The summed E-state index contributed by atoms with van der Waals surface area (Å²) in [6.45, 7) is -0.122. The highest BCUT2D eigenvalue weighted by atomic mass is 16.7. The van der Waals surface area contributed by atoms with E-state index in [9.17, 15) is 14.9 Å². The number of nitrogens with zero attached hydrogens (tertiary/aromatic N) is 1. The fourth-order valence-electron chi connectivity index (χ4n) is 3.47. The zero-order chi connectivity index (χ0) is 19.5. The summed E-state index contributed by atoms with van der Waals surface area (Å²) in [6.07, 6.45) is 3.25. The van der Waals surface area contributed by atoms with Crippen LogP contribution in [0.25, 0.3) is 0 Å². The molecule has 0 unspecified atom stereocenters. The van der Waals surface area contributed by atoms with Crippen LogP contribution in [0.1, 0.15) is 28.7 Å². The first-order chi connectivity index (χ1) is 13.6. The van der Waals surface area contributed by atoms with Gasteiger partial charge >= 0.3 is 5.97 Å². The Kier molecular flexibility index (Phi) is 5.12. The number of nitro benzene ring substituents is 1. The summed E-state index contributed by atoms with van der Waals surface area (Å²) in [6, 6.07) is 8.58. The van der Waals surface area contributed by atoms with Crippen molar-refractivity contribution in [3.63, 3.8) is 0 Å². The molecule has 28 heavy (non-hydrogen) atoms. The molecular formula is C20H19NO7. The Hall–Kier alpha value is -3.13. The van der Waals surface area contributed by atoms with Gasteiger partial charge in [-0.25, -0.2) is 4.79 Å². The van der Waals surface area contributed by atoms with E-state index in [1.807, 2.05) is 18.2 Å². The molecule has 0 spiro atoms. The summed E-state index contributed by atoms with van der Waals surface area (Å²) in [5.41, 5.74) is 3.47. The van der Waals surface area contributed by atoms with Gasteiger partial charge in [0.25, 0.3) is 5.69 Å². The molecule has 8 nitrogen and oxygen atoms in total. The van der Waals surface area contributed by atoms with E-state index in [1.165, 1.54) is 23.3 Å². The molecule has 2 aromatic rings. The second kappa shape index (κ2) is 7.85. The molecule has 8 heteroatoms. The van der Waals surface area contributed by atoms with Crippen LogP contribution in [0, 0.1) is 10.1 Å². The molecule has 0 bridgehead atoms. The molecule has 0 aromatic heterocycles. The van der Waals surface area contributed by atoms with Crippen LogP contribution < -0.4 is 9.47 Å². The standard InChI is InChI=1S/C20H19NO7/c22-19(11-26-18-5-4-13-2-1-3-14(13)8-18)27-10-16-7-17(21(23)24)6-15-9-25-12-28-20(15)16/h4-8H,1-3,9-12H2. The number of hydrogen-bond acceptors (Lipinski definition) is 7. The summed E-state index contributed by atoms with van der Waals surface area (Å²) in [4.78, 5) is 22.7. The molecule has 0 radical (unpaired) electrons. The number of benzene rings is 2. The molecule has 1 aliphatic heterocycles. The van der Waals surface area contributed by atoms with E-state index in [0.717, 1.165) is 19.3 Å². The molecule has 2 aliphatic rings. The van der Waals surface area contributed by atoms with Crippen molar-refractivity contribution < 1.29 is 28.7 Å². The quantitative estimate of drug-likeness (QED) is 0.428. The highest BCUT2D eigenvalue weighted by Gasteiger charge is 2.22. The van der Waals surface area contributed by atoms with E-state index >= 15 is 0 Å². The maximum atomic E-state index is 12.1. The monoisotopic (exact) mass is 385 g/mol. The Balaban J connectivity index is 1.38. The predicted octanol–water partition coefficient (Wildman–Crippen LogP) is 3.07. The van der Waals surface area contributed by atoms with Crippen molar-refractivity contribution in [2.45, 2.75) is 32.5 Å². The molecular weight excluding hydrogens is 366 g/mol. The summed E-state index contributed by atoms with van der Waals surface area (Å²) in [5.74, 6) is 0.530. The lowest BCUT2D eigenvalue weighted by atomic mass is 10.1. The number of aryl methyl sites for hydroxylation is 2. The Labute approximate surface area is 161 Å². The van der Waals surface area contributed by atoms with Crippen molar-refractivity contribution in [1.29, 1.82) is 0 Å². The van der Waals surface area contributed by atoms with E-state index < -0.39 is 10.9 Å². The van der Waals surface area contributed by atoms with E-state index in [2.05, 4.69) is 0 Å². The predicted molar refractivity (Wildman–Crippen MR) is 97.1 cm³/mol. The summed E-state index contributed by atoms with van der Waals surface area (Å²) in [5, 5.41) is 11.1. The molecule has 0 saturated heterocycles. The number of rotatable bonds is 6. The third kappa shape index (κ3) is 3.91. The third-order valence-corrected chi connectivity index (χ3v) is 4.80. The van der Waals surface area contributed by atoms with Crippen molar-refractivity contribution in [3.8, 4) is 11.5 Å². The van der Waals surface area contributed by atoms with Gasteiger partial charge in [0.1, 0.15) is 18.1 Å². The maximum Gasteiger partial charge on any atom is 0.344 e. The van der Waals surface area contributed by atoms with Crippen LogP contribution in [0.5, 0.6) is 11.5 Å². The number of carbonyl (C=O) groups is 1. The van der Waals surface area contributed by atoms with E-state index in [1.54, 1.807) is 0 Å². The van der Waals surface area contributed by atoms with Gasteiger partial charge in [0.2, 0.25) is 0 Å². The van der Waals surface area contributed by atoms with Crippen LogP contribution in [0.3, 0.4) is 0 Å². The smallest absolute Gasteiger partial charge is 0.344 e. The van der Waals surface area contributed by atoms with Crippen LogP contribution in [-0.4, -0.2) is 24.3 Å². The molecule has 0 amide bonds. The van der Waals surface area contributed by atoms with Crippen molar-refractivity contribution in [2.75, 3.05) is 13.4 Å². The van der Waals surface area contributed by atoms with E-state index in [-0.39, 0.29) is 32.3 Å². The summed E-state index contributed by atoms with van der Waals surface area (Å²) in [7, 11) is 0. The van der Waals surface area contributed by atoms with Crippen LogP contribution in [0.15, 0.2) is 30.3 Å². The summed E-state index contributed by atoms with van der Waals surface area (Å²) >= 11 is 0. The van der Waals surface area contributed by atoms with E-state index in [0.29, 0.717) is 22.6 Å². The first-order valence-corrected chi connectivity index (χ1v) is 9.01. The van der Waals surface area contributed by atoms with Gasteiger partial charge in [0, 0.05) is 23.3 Å². The van der Waals surface area contributed by atoms with Gasteiger partial charge in [-0.05, 0) is 42.5 Å². The van der Waals surface area contributed by atoms with Gasteiger partial charge in [0.05, 0.1) is 11.5 Å². The molecule has 1 heterocycles. The molecule has 0 fully saturated rings. The lowest BCUT2D eigenvalue weighted by Gasteiger charge is -2.20. The fraction of sp³-hybridized carbons (Fsp3) is 0.350. The van der Waals surface area contributed by atoms with Crippen molar-refractivity contribution >= 4 is 11.7 Å². The number of non-ortho nitro benzene ring substituents is 1. The number of ether oxygens (including phenoxy) is 4. The van der Waals surface area contributed by atoms with Crippen LogP contribution in [0.4, 0.5) is 5.69 Å². The summed E-state index contributed by atoms with van der Waals surface area (Å²) < 4.78 is 21.3. The zero-order valence-corrected chi connectivity index (χ0v) is 15.1. The normalized spacial score (nSPS) is 14.6. The Morgan fingerprint density at radius 3 is 2.86 bits per heavy atom. The molecule has 1 aliphatic carbocycles. The number of nitro groups is 1. The first-order valence-electron chi connectivity index (χ1n) is 9.01. The Bertz CT molecular complexity index is 925. The number of fused-ring (bicyclic) bond motifs is 2. The molecule has 0 saturated carbocycles. The van der Waals surface area contributed by atoms with Crippen molar-refractivity contribution in [3.05, 3.63) is 62.7 Å². The van der Waals surface area contributed by atoms with Gasteiger partial charge in [-0.3, -0.25) is 10.1 Å². The molecule has 4 rings (SSSR count). The number of carbonyl (C=O) groups excluding carboxylic acids is 1. The van der Waals surface area contributed by atoms with Gasteiger partial charge in [-0.2, -0.15) is 0 Å². The average Bonchev–Trinajstić information content (AvgIpc) is 3.18. The topological polar surface area (TPSA) is 97.1 Å². The molecule has 2 aromatic carbocycles. The second-order valence-corrected chi connectivity index (χ2v) is 6.69. The van der Waals surface area contributed by atoms with Gasteiger partial charge in [-0.15, -0.1) is 0 Å². The van der Waals surface area contributed by atoms with Crippen LogP contribution in [-0.2, 0) is 40.3 Å². The Morgan fingerprint density at radius 2 is 2.00 bits per heavy atom. The van der Waals surface area contributed by atoms with Gasteiger partial charge < -0.3 is 18.9 Å². The molecule has 146 valence electrons. The lowest BCUT2D eigenvalue weighted by molar-refractivity contribution is -0.385. The van der Waals surface area contributed by atoms with Crippen molar-refractivity contribution in [1.82, 2.24) is 0 Å². The molecule has 0 atom stereocenters. The first kappa shape index (κ1) is 18.2. The minimum atomic E-state index is -0.562. The van der Waals surface area contributed by atoms with Gasteiger partial charge in [0.15, 0.2) is 13.4 Å². The second-order valence-electron chi connectivity index (χ2n) is 6.69. The SMILES string of the molecule is O=C(COc1ccc2c(c1)CCC2)OCc1cc([N+](=O)[O-])cc2c1OCOC2. The lowest BCUT2D eigenvalue weighted by Crippen LogP contribution is -2.17. The zero-order valence-electron chi connectivity index (χ0n) is 15.1. The van der Waals surface area contributed by atoms with Crippen LogP contribution in [0.2, 0.25) is 0 Å².